The highest BCUT2D eigenvalue weighted by molar-refractivity contribution is 7.47. The van der Waals surface area contributed by atoms with E-state index in [1.807, 2.05) is 6.92 Å². The molecular formula is C40H82NO7P. The van der Waals surface area contributed by atoms with Crippen molar-refractivity contribution in [3.63, 3.8) is 0 Å². The Bertz CT molecular complexity index is 741. The Balaban J connectivity index is 4.12. The Kier molecular flexibility index (Phi) is 36.9. The van der Waals surface area contributed by atoms with Crippen LogP contribution in [-0.2, 0) is 27.9 Å². The van der Waals surface area contributed by atoms with Crippen LogP contribution in [0.25, 0.3) is 0 Å². The van der Waals surface area contributed by atoms with Gasteiger partial charge in [0.2, 0.25) is 0 Å². The molecule has 9 heteroatoms. The normalized spacial score (nSPS) is 14.1. The molecular weight excluding hydrogens is 637 g/mol. The molecule has 49 heavy (non-hydrogen) atoms. The summed E-state index contributed by atoms with van der Waals surface area (Å²) >= 11 is 0. The van der Waals surface area contributed by atoms with Gasteiger partial charge in [-0.2, -0.15) is 0 Å². The number of hydrogen-bond acceptors (Lipinski definition) is 7. The average Bonchev–Trinajstić information content (AvgIpc) is 3.09. The number of nitrogens with two attached hydrogens (primary N) is 1. The predicted molar refractivity (Wildman–Crippen MR) is 206 cm³/mol. The fourth-order valence-corrected chi connectivity index (χ4v) is 6.92. The van der Waals surface area contributed by atoms with Gasteiger partial charge in [-0.3, -0.25) is 13.8 Å². The first kappa shape index (κ1) is 48.5. The van der Waals surface area contributed by atoms with Crippen LogP contribution in [0.15, 0.2) is 0 Å². The lowest BCUT2D eigenvalue weighted by Crippen LogP contribution is -2.29. The number of hydrogen-bond donors (Lipinski definition) is 2. The number of rotatable bonds is 40. The molecule has 0 rings (SSSR count). The van der Waals surface area contributed by atoms with Gasteiger partial charge in [-0.15, -0.1) is 0 Å². The zero-order chi connectivity index (χ0) is 36.1. The third kappa shape index (κ3) is 35.7. The summed E-state index contributed by atoms with van der Waals surface area (Å²) in [5, 5.41) is 0. The summed E-state index contributed by atoms with van der Waals surface area (Å²) in [5.74, 6) is -0.451. The molecule has 0 aliphatic carbocycles. The van der Waals surface area contributed by atoms with E-state index in [0.29, 0.717) is 6.61 Å². The van der Waals surface area contributed by atoms with Crippen molar-refractivity contribution in [2.75, 3.05) is 33.0 Å². The van der Waals surface area contributed by atoms with Crippen molar-refractivity contribution >= 4 is 13.8 Å². The van der Waals surface area contributed by atoms with E-state index in [1.54, 1.807) is 0 Å². The van der Waals surface area contributed by atoms with Crippen LogP contribution in [0, 0.1) is 5.92 Å². The number of carbonyl (C=O) groups excluding carboxylic acids is 1. The minimum absolute atomic E-state index is 0.0165. The fraction of sp³-hybridized carbons (Fsp3) is 0.975. The molecule has 0 bridgehead atoms. The first-order valence-corrected chi connectivity index (χ1v) is 22.5. The minimum atomic E-state index is -4.24. The molecule has 0 radical (unpaired) electrons. The number of phosphoric acid groups is 1. The lowest BCUT2D eigenvalue weighted by Gasteiger charge is -2.21. The largest absolute Gasteiger partial charge is 0.472 e. The molecule has 0 aromatic rings. The molecule has 0 heterocycles. The Morgan fingerprint density at radius 3 is 1.37 bits per heavy atom. The van der Waals surface area contributed by atoms with Gasteiger partial charge in [0.15, 0.2) is 0 Å². The summed E-state index contributed by atoms with van der Waals surface area (Å²) in [5.41, 5.74) is 5.38. The molecule has 0 aromatic heterocycles. The van der Waals surface area contributed by atoms with Gasteiger partial charge in [0.25, 0.3) is 0 Å². The van der Waals surface area contributed by atoms with Gasteiger partial charge in [-0.25, -0.2) is 4.57 Å². The number of ether oxygens (including phenoxy) is 2. The molecule has 0 amide bonds. The molecule has 8 nitrogen and oxygen atoms in total. The molecule has 0 spiro atoms. The monoisotopic (exact) mass is 720 g/mol. The van der Waals surface area contributed by atoms with Crippen LogP contribution in [0.2, 0.25) is 0 Å². The molecule has 3 unspecified atom stereocenters. The first-order chi connectivity index (χ1) is 23.9. The Labute approximate surface area is 303 Å². The summed E-state index contributed by atoms with van der Waals surface area (Å²) in [7, 11) is -4.24. The third-order valence-electron chi connectivity index (χ3n) is 9.45. The second-order valence-corrected chi connectivity index (χ2v) is 15.8. The highest BCUT2D eigenvalue weighted by Gasteiger charge is 2.25. The van der Waals surface area contributed by atoms with Crippen molar-refractivity contribution in [2.45, 2.75) is 213 Å². The van der Waals surface area contributed by atoms with Crippen molar-refractivity contribution in [1.82, 2.24) is 0 Å². The van der Waals surface area contributed by atoms with Crippen LogP contribution in [-0.4, -0.2) is 49.9 Å². The van der Waals surface area contributed by atoms with Gasteiger partial charge in [-0.05, 0) is 12.8 Å². The van der Waals surface area contributed by atoms with Crippen LogP contribution in [0.5, 0.6) is 0 Å². The standard InChI is InChI=1S/C40H82NO7P/c1-4-6-8-10-12-14-16-18-20-22-24-26-28-30-32-38(3)40(42)46-36-39(37-48-49(43,44)47-35-33-41)45-34-31-29-27-25-23-21-19-17-15-13-11-9-7-5-2/h38-39H,4-37,41H2,1-3H3,(H,43,44). The number of esters is 1. The summed E-state index contributed by atoms with van der Waals surface area (Å²) in [4.78, 5) is 22.6. The van der Waals surface area contributed by atoms with E-state index >= 15 is 0 Å². The smallest absolute Gasteiger partial charge is 0.463 e. The van der Waals surface area contributed by atoms with E-state index in [9.17, 15) is 14.3 Å². The maximum absolute atomic E-state index is 12.7. The third-order valence-corrected chi connectivity index (χ3v) is 10.4. The highest BCUT2D eigenvalue weighted by atomic mass is 31.2. The van der Waals surface area contributed by atoms with Crippen molar-refractivity contribution in [3.8, 4) is 0 Å². The van der Waals surface area contributed by atoms with Gasteiger partial charge in [0.1, 0.15) is 12.7 Å². The van der Waals surface area contributed by atoms with Gasteiger partial charge < -0.3 is 20.1 Å². The summed E-state index contributed by atoms with van der Waals surface area (Å²) in [6.07, 6.45) is 36.4. The fourth-order valence-electron chi connectivity index (χ4n) is 6.15. The molecule has 0 aliphatic heterocycles. The van der Waals surface area contributed by atoms with Crippen molar-refractivity contribution in [2.24, 2.45) is 11.7 Å². The molecule has 0 saturated carbocycles. The van der Waals surface area contributed by atoms with Gasteiger partial charge >= 0.3 is 13.8 Å². The van der Waals surface area contributed by atoms with Gasteiger partial charge in [0.05, 0.1) is 19.1 Å². The van der Waals surface area contributed by atoms with E-state index < -0.39 is 13.9 Å². The highest BCUT2D eigenvalue weighted by Crippen LogP contribution is 2.43. The number of unbranched alkanes of at least 4 members (excludes halogenated alkanes) is 26. The molecule has 3 atom stereocenters. The molecule has 0 fully saturated rings. The van der Waals surface area contributed by atoms with E-state index in [4.69, 9.17) is 24.3 Å². The maximum atomic E-state index is 12.7. The SMILES string of the molecule is CCCCCCCCCCCCCCCCOC(COC(=O)C(C)CCCCCCCCCCCCCCCC)COP(=O)(O)OCCN. The predicted octanol–water partition coefficient (Wildman–Crippen LogP) is 12.0. The lowest BCUT2D eigenvalue weighted by atomic mass is 10.0. The van der Waals surface area contributed by atoms with Crippen LogP contribution < -0.4 is 5.73 Å². The van der Waals surface area contributed by atoms with Gasteiger partial charge in [-0.1, -0.05) is 194 Å². The molecule has 0 aromatic carbocycles. The lowest BCUT2D eigenvalue weighted by molar-refractivity contribution is -0.153. The maximum Gasteiger partial charge on any atom is 0.472 e. The van der Waals surface area contributed by atoms with Crippen molar-refractivity contribution in [1.29, 1.82) is 0 Å². The zero-order valence-electron chi connectivity index (χ0n) is 32.6. The van der Waals surface area contributed by atoms with E-state index in [-0.39, 0.29) is 38.3 Å². The number of carbonyl (C=O) groups is 1. The minimum Gasteiger partial charge on any atom is -0.463 e. The Morgan fingerprint density at radius 1 is 0.571 bits per heavy atom. The van der Waals surface area contributed by atoms with Gasteiger partial charge in [0, 0.05) is 13.2 Å². The van der Waals surface area contributed by atoms with E-state index in [1.165, 1.54) is 154 Å². The van der Waals surface area contributed by atoms with Crippen LogP contribution in [0.3, 0.4) is 0 Å². The molecule has 294 valence electrons. The van der Waals surface area contributed by atoms with Crippen LogP contribution in [0.1, 0.15) is 207 Å². The van der Waals surface area contributed by atoms with Crippen molar-refractivity contribution in [3.05, 3.63) is 0 Å². The summed E-state index contributed by atoms with van der Waals surface area (Å²) in [6, 6.07) is 0. The summed E-state index contributed by atoms with van der Waals surface area (Å²) < 4.78 is 33.6. The second kappa shape index (κ2) is 37.3. The molecule has 0 aliphatic rings. The molecule has 0 saturated heterocycles. The number of phosphoric ester groups is 1. The van der Waals surface area contributed by atoms with E-state index in [0.717, 1.165) is 32.1 Å². The first-order valence-electron chi connectivity index (χ1n) is 21.0. The zero-order valence-corrected chi connectivity index (χ0v) is 33.5. The van der Waals surface area contributed by atoms with Crippen molar-refractivity contribution < 1.29 is 32.8 Å². The van der Waals surface area contributed by atoms with Crippen LogP contribution in [0.4, 0.5) is 0 Å². The average molecular weight is 720 g/mol. The Morgan fingerprint density at radius 2 is 0.959 bits per heavy atom. The molecule has 3 N–H and O–H groups in total. The second-order valence-electron chi connectivity index (χ2n) is 14.4. The van der Waals surface area contributed by atoms with Crippen LogP contribution >= 0.6 is 7.82 Å². The summed E-state index contributed by atoms with van der Waals surface area (Å²) in [6.45, 7) is 6.75. The Hall–Kier alpha value is -0.500. The quantitative estimate of drug-likeness (QED) is 0.0365. The van der Waals surface area contributed by atoms with E-state index in [2.05, 4.69) is 13.8 Å². The topological polar surface area (TPSA) is 117 Å².